The van der Waals surface area contributed by atoms with Gasteiger partial charge in [-0.2, -0.15) is 9.97 Å². The molecule has 2 heterocycles. The lowest BCUT2D eigenvalue weighted by Gasteiger charge is -2.05. The highest BCUT2D eigenvalue weighted by atomic mass is 79.9. The Morgan fingerprint density at radius 3 is 2.79 bits per heavy atom. The van der Waals surface area contributed by atoms with E-state index < -0.39 is 11.5 Å². The number of nitrogens with zero attached hydrogens (tertiary/aromatic N) is 4. The quantitative estimate of drug-likeness (QED) is 0.528. The summed E-state index contributed by atoms with van der Waals surface area (Å²) in [5.74, 6) is -0.498. The Kier molecular flexibility index (Phi) is 4.42. The molecule has 1 aromatic carbocycles. The van der Waals surface area contributed by atoms with Crippen molar-refractivity contribution in [2.75, 3.05) is 5.73 Å². The lowest BCUT2D eigenvalue weighted by Crippen LogP contribution is -2.24. The maximum atomic E-state index is 14.1. The molecule has 0 atom stereocenters. The monoisotopic (exact) mass is 411 g/mol. The van der Waals surface area contributed by atoms with Crippen molar-refractivity contribution in [3.05, 3.63) is 62.3 Å². The molecule has 0 radical (unpaired) electrons. The summed E-state index contributed by atoms with van der Waals surface area (Å²) in [5.41, 5.74) is 6.18. The van der Waals surface area contributed by atoms with Gasteiger partial charge in [0.05, 0.1) is 6.54 Å². The topological polar surface area (TPSA) is 78.7 Å². The fourth-order valence-corrected chi connectivity index (χ4v) is 3.05. The summed E-state index contributed by atoms with van der Waals surface area (Å²) in [5, 5.41) is 0.0616. The van der Waals surface area contributed by atoms with Crippen molar-refractivity contribution in [3.63, 3.8) is 0 Å². The van der Waals surface area contributed by atoms with Crippen molar-refractivity contribution in [2.24, 2.45) is 0 Å². The molecule has 0 aliphatic rings. The smallest absolute Gasteiger partial charge is 0.331 e. The van der Waals surface area contributed by atoms with Crippen LogP contribution in [0.25, 0.3) is 11.2 Å². The molecule has 2 N–H and O–H groups in total. The SMILES string of the molecule is C=CCn1c(=O)n(Cc2ccc(Br)cc2F)c2nc(N)nc(Cl)c21. The third-order valence-electron chi connectivity index (χ3n) is 3.48. The minimum atomic E-state index is -0.436. The maximum Gasteiger partial charge on any atom is 0.331 e. The zero-order valence-electron chi connectivity index (χ0n) is 12.3. The van der Waals surface area contributed by atoms with Gasteiger partial charge in [-0.05, 0) is 12.1 Å². The highest BCUT2D eigenvalue weighted by Crippen LogP contribution is 2.22. The Morgan fingerprint density at radius 1 is 1.38 bits per heavy atom. The van der Waals surface area contributed by atoms with Gasteiger partial charge in [-0.3, -0.25) is 9.13 Å². The highest BCUT2D eigenvalue weighted by Gasteiger charge is 2.19. The van der Waals surface area contributed by atoms with E-state index in [0.29, 0.717) is 15.6 Å². The van der Waals surface area contributed by atoms with Crippen LogP contribution in [0.5, 0.6) is 0 Å². The Morgan fingerprint density at radius 2 is 2.12 bits per heavy atom. The molecule has 0 aliphatic carbocycles. The molecule has 0 unspecified atom stereocenters. The van der Waals surface area contributed by atoms with Crippen molar-refractivity contribution < 1.29 is 4.39 Å². The number of rotatable bonds is 4. The molecule has 0 saturated heterocycles. The summed E-state index contributed by atoms with van der Waals surface area (Å²) in [6.07, 6.45) is 1.55. The molecule has 9 heteroatoms. The third-order valence-corrected chi connectivity index (χ3v) is 4.24. The molecular formula is C15H12BrClFN5O. The Hall–Kier alpha value is -2.19. The molecule has 3 aromatic rings. The average molecular weight is 413 g/mol. The van der Waals surface area contributed by atoms with Crippen LogP contribution in [0.4, 0.5) is 10.3 Å². The Labute approximate surface area is 149 Å². The molecule has 0 bridgehead atoms. The number of hydrogen-bond donors (Lipinski definition) is 1. The standard InChI is InChI=1S/C15H12BrClFN5O/c1-2-5-22-11-12(17)20-14(19)21-13(11)23(15(22)24)7-8-3-4-9(16)6-10(8)18/h2-4,6H,1,5,7H2,(H2,19,20,21). The van der Waals surface area contributed by atoms with Crippen LogP contribution in [0.2, 0.25) is 5.15 Å². The van der Waals surface area contributed by atoms with Crippen molar-refractivity contribution in [2.45, 2.75) is 13.1 Å². The van der Waals surface area contributed by atoms with E-state index in [2.05, 4.69) is 32.5 Å². The van der Waals surface area contributed by atoms with E-state index >= 15 is 0 Å². The van der Waals surface area contributed by atoms with Gasteiger partial charge in [0, 0.05) is 16.6 Å². The summed E-state index contributed by atoms with van der Waals surface area (Å²) in [7, 11) is 0. The van der Waals surface area contributed by atoms with Crippen LogP contribution in [-0.2, 0) is 13.1 Å². The highest BCUT2D eigenvalue weighted by molar-refractivity contribution is 9.10. The minimum absolute atomic E-state index is 0.00856. The van der Waals surface area contributed by atoms with Crippen LogP contribution >= 0.6 is 27.5 Å². The van der Waals surface area contributed by atoms with Gasteiger partial charge in [-0.25, -0.2) is 9.18 Å². The molecule has 0 fully saturated rings. The van der Waals surface area contributed by atoms with Gasteiger partial charge >= 0.3 is 5.69 Å². The molecule has 0 amide bonds. The van der Waals surface area contributed by atoms with Crippen molar-refractivity contribution >= 4 is 44.6 Å². The van der Waals surface area contributed by atoms with E-state index in [9.17, 15) is 9.18 Å². The number of nitrogen functional groups attached to an aromatic ring is 1. The molecular weight excluding hydrogens is 401 g/mol. The number of imidazole rings is 1. The molecule has 0 spiro atoms. The first-order valence-corrected chi connectivity index (χ1v) is 8.06. The number of benzene rings is 1. The number of fused-ring (bicyclic) bond motifs is 1. The first-order valence-electron chi connectivity index (χ1n) is 6.89. The Balaban J connectivity index is 2.25. The minimum Gasteiger partial charge on any atom is -0.368 e. The molecule has 124 valence electrons. The number of hydrogen-bond acceptors (Lipinski definition) is 4. The second kappa shape index (κ2) is 6.37. The van der Waals surface area contributed by atoms with Crippen LogP contribution in [0.15, 0.2) is 40.1 Å². The number of nitrogens with two attached hydrogens (primary N) is 1. The lowest BCUT2D eigenvalue weighted by molar-refractivity contribution is 0.594. The molecule has 6 nitrogen and oxygen atoms in total. The van der Waals surface area contributed by atoms with Gasteiger partial charge in [-0.1, -0.05) is 39.7 Å². The van der Waals surface area contributed by atoms with Gasteiger partial charge < -0.3 is 5.73 Å². The fraction of sp³-hybridized carbons (Fsp3) is 0.133. The van der Waals surface area contributed by atoms with E-state index in [1.54, 1.807) is 18.2 Å². The fourth-order valence-electron chi connectivity index (χ4n) is 2.45. The van der Waals surface area contributed by atoms with E-state index in [0.717, 1.165) is 0 Å². The summed E-state index contributed by atoms with van der Waals surface area (Å²) in [6, 6.07) is 4.62. The van der Waals surface area contributed by atoms with Crippen LogP contribution in [-0.4, -0.2) is 19.1 Å². The summed E-state index contributed by atoms with van der Waals surface area (Å²) >= 11 is 9.33. The number of aromatic nitrogens is 4. The molecule has 3 rings (SSSR count). The van der Waals surface area contributed by atoms with E-state index in [4.69, 9.17) is 17.3 Å². The second-order valence-corrected chi connectivity index (χ2v) is 6.32. The van der Waals surface area contributed by atoms with Gasteiger partial charge in [-0.15, -0.1) is 6.58 Å². The number of anilines is 1. The van der Waals surface area contributed by atoms with Crippen molar-refractivity contribution in [3.8, 4) is 0 Å². The van der Waals surface area contributed by atoms with E-state index in [1.165, 1.54) is 15.2 Å². The van der Waals surface area contributed by atoms with Crippen LogP contribution in [0.3, 0.4) is 0 Å². The van der Waals surface area contributed by atoms with Gasteiger partial charge in [0.1, 0.15) is 11.3 Å². The first kappa shape index (κ1) is 16.7. The van der Waals surface area contributed by atoms with Crippen molar-refractivity contribution in [1.82, 2.24) is 19.1 Å². The summed E-state index contributed by atoms with van der Waals surface area (Å²) in [4.78, 5) is 20.7. The van der Waals surface area contributed by atoms with Crippen molar-refractivity contribution in [1.29, 1.82) is 0 Å². The third kappa shape index (κ3) is 2.83. The number of halogens is 3. The largest absolute Gasteiger partial charge is 0.368 e. The van der Waals surface area contributed by atoms with Crippen LogP contribution in [0, 0.1) is 5.82 Å². The van der Waals surface area contributed by atoms with E-state index in [-0.39, 0.29) is 29.8 Å². The van der Waals surface area contributed by atoms with Crippen LogP contribution in [0.1, 0.15) is 5.56 Å². The molecule has 2 aromatic heterocycles. The molecule has 0 saturated carbocycles. The van der Waals surface area contributed by atoms with Gasteiger partial charge in [0.2, 0.25) is 5.95 Å². The number of allylic oxidation sites excluding steroid dienone is 1. The van der Waals surface area contributed by atoms with Crippen LogP contribution < -0.4 is 11.4 Å². The maximum absolute atomic E-state index is 14.1. The second-order valence-electron chi connectivity index (χ2n) is 5.05. The molecule has 24 heavy (non-hydrogen) atoms. The normalized spacial score (nSPS) is 11.1. The zero-order valence-corrected chi connectivity index (χ0v) is 14.7. The lowest BCUT2D eigenvalue weighted by atomic mass is 10.2. The zero-order chi connectivity index (χ0) is 17.4. The average Bonchev–Trinajstić information content (AvgIpc) is 2.76. The molecule has 0 aliphatic heterocycles. The van der Waals surface area contributed by atoms with Gasteiger partial charge in [0.25, 0.3) is 0 Å². The van der Waals surface area contributed by atoms with Gasteiger partial charge in [0.15, 0.2) is 10.8 Å². The summed E-state index contributed by atoms with van der Waals surface area (Å²) < 4.78 is 17.4. The predicted octanol–water partition coefficient (Wildman–Crippen LogP) is 2.96. The van der Waals surface area contributed by atoms with E-state index in [1.807, 2.05) is 0 Å². The summed E-state index contributed by atoms with van der Waals surface area (Å²) in [6.45, 7) is 3.84. The Bertz CT molecular complexity index is 1010. The predicted molar refractivity (Wildman–Crippen MR) is 94.6 cm³/mol. The first-order chi connectivity index (χ1) is 11.4.